The van der Waals surface area contributed by atoms with Gasteiger partial charge in [0.2, 0.25) is 0 Å². The Labute approximate surface area is 98.9 Å². The molecule has 80 valence electrons. The lowest BCUT2D eigenvalue weighted by Gasteiger charge is -2.03. The van der Waals surface area contributed by atoms with Gasteiger partial charge in [0, 0.05) is 5.75 Å². The van der Waals surface area contributed by atoms with E-state index in [1.54, 1.807) is 11.8 Å². The van der Waals surface area contributed by atoms with Crippen LogP contribution in [0.25, 0.3) is 11.1 Å². The zero-order valence-electron chi connectivity index (χ0n) is 8.51. The van der Waals surface area contributed by atoms with Gasteiger partial charge in [0.25, 0.3) is 5.22 Å². The van der Waals surface area contributed by atoms with Crippen LogP contribution in [0.15, 0.2) is 33.9 Å². The van der Waals surface area contributed by atoms with Crippen LogP contribution in [-0.2, 0) is 0 Å². The van der Waals surface area contributed by atoms with Gasteiger partial charge in [-0.25, -0.2) is 4.98 Å². The van der Waals surface area contributed by atoms with Crippen molar-refractivity contribution in [1.29, 1.82) is 0 Å². The van der Waals surface area contributed by atoms with Crippen molar-refractivity contribution in [3.05, 3.63) is 24.3 Å². The van der Waals surface area contributed by atoms with E-state index in [4.69, 9.17) is 4.42 Å². The van der Waals surface area contributed by atoms with Crippen LogP contribution in [0.3, 0.4) is 0 Å². The van der Waals surface area contributed by atoms with Crippen LogP contribution >= 0.6 is 24.4 Å². The Morgan fingerprint density at radius 3 is 3.00 bits per heavy atom. The Bertz CT molecular complexity index is 408. The number of hydrogen-bond donors (Lipinski definition) is 1. The molecule has 0 aliphatic carbocycles. The van der Waals surface area contributed by atoms with E-state index in [0.717, 1.165) is 27.8 Å². The second-order valence-corrected chi connectivity index (χ2v) is 4.88. The van der Waals surface area contributed by atoms with Crippen molar-refractivity contribution in [3.8, 4) is 0 Å². The van der Waals surface area contributed by atoms with E-state index in [2.05, 4.69) is 24.5 Å². The maximum absolute atomic E-state index is 5.59. The van der Waals surface area contributed by atoms with Crippen LogP contribution in [0, 0.1) is 5.92 Å². The van der Waals surface area contributed by atoms with Gasteiger partial charge >= 0.3 is 0 Å². The molecule has 1 atom stereocenters. The highest BCUT2D eigenvalue weighted by molar-refractivity contribution is 7.99. The lowest BCUT2D eigenvalue weighted by atomic mass is 10.3. The first-order valence-electron chi connectivity index (χ1n) is 4.89. The summed E-state index contributed by atoms with van der Waals surface area (Å²) >= 11 is 5.90. The molecule has 15 heavy (non-hydrogen) atoms. The van der Waals surface area contributed by atoms with Gasteiger partial charge in [-0.15, -0.1) is 0 Å². The second-order valence-electron chi connectivity index (χ2n) is 3.55. The summed E-state index contributed by atoms with van der Waals surface area (Å²) in [7, 11) is 0. The molecule has 2 aromatic rings. The van der Waals surface area contributed by atoms with Gasteiger partial charge < -0.3 is 4.42 Å². The summed E-state index contributed by atoms with van der Waals surface area (Å²) in [5.74, 6) is 2.47. The topological polar surface area (TPSA) is 26.0 Å². The van der Waals surface area contributed by atoms with Gasteiger partial charge in [-0.05, 0) is 23.8 Å². The first kappa shape index (κ1) is 10.9. The minimum Gasteiger partial charge on any atom is -0.431 e. The molecule has 1 aromatic heterocycles. The Balaban J connectivity index is 2.09. The summed E-state index contributed by atoms with van der Waals surface area (Å²) in [4.78, 5) is 4.39. The number of benzene rings is 1. The van der Waals surface area contributed by atoms with Crippen molar-refractivity contribution in [2.45, 2.75) is 12.1 Å². The molecule has 2 rings (SSSR count). The number of rotatable bonds is 4. The monoisotopic (exact) mass is 239 g/mol. The summed E-state index contributed by atoms with van der Waals surface area (Å²) in [6.07, 6.45) is 0. The average Bonchev–Trinajstić information content (AvgIpc) is 2.68. The van der Waals surface area contributed by atoms with Crippen molar-refractivity contribution >= 4 is 35.5 Å². The number of fused-ring (bicyclic) bond motifs is 1. The number of oxazole rings is 1. The molecule has 1 aromatic carbocycles. The van der Waals surface area contributed by atoms with Crippen molar-refractivity contribution in [1.82, 2.24) is 4.98 Å². The first-order chi connectivity index (χ1) is 7.29. The van der Waals surface area contributed by atoms with Crippen LogP contribution in [0.2, 0.25) is 0 Å². The normalized spacial score (nSPS) is 13.2. The fourth-order valence-electron chi connectivity index (χ4n) is 1.18. The molecule has 0 saturated heterocycles. The van der Waals surface area contributed by atoms with E-state index in [1.165, 1.54) is 0 Å². The number of aromatic nitrogens is 1. The minimum absolute atomic E-state index is 0.577. The summed E-state index contributed by atoms with van der Waals surface area (Å²) in [5, 5.41) is 0.754. The summed E-state index contributed by atoms with van der Waals surface area (Å²) in [6.45, 7) is 2.17. The van der Waals surface area contributed by atoms with Gasteiger partial charge in [-0.3, -0.25) is 0 Å². The van der Waals surface area contributed by atoms with Crippen molar-refractivity contribution < 1.29 is 4.42 Å². The maximum atomic E-state index is 5.59. The molecule has 0 fully saturated rings. The van der Waals surface area contributed by atoms with Gasteiger partial charge in [0.05, 0.1) is 0 Å². The molecule has 0 amide bonds. The Morgan fingerprint density at radius 1 is 1.47 bits per heavy atom. The molecule has 4 heteroatoms. The predicted octanol–water partition coefficient (Wildman–Crippen LogP) is 3.49. The molecule has 0 saturated carbocycles. The average molecular weight is 239 g/mol. The summed E-state index contributed by atoms with van der Waals surface area (Å²) in [6, 6.07) is 7.83. The molecule has 1 heterocycles. The molecule has 1 unspecified atom stereocenters. The van der Waals surface area contributed by atoms with E-state index in [9.17, 15) is 0 Å². The van der Waals surface area contributed by atoms with E-state index in [1.807, 2.05) is 24.3 Å². The Hall–Kier alpha value is -0.610. The third-order valence-corrected chi connectivity index (χ3v) is 3.86. The zero-order valence-corrected chi connectivity index (χ0v) is 10.2. The van der Waals surface area contributed by atoms with Crippen LogP contribution in [0.1, 0.15) is 6.92 Å². The lowest BCUT2D eigenvalue weighted by Crippen LogP contribution is -1.98. The zero-order chi connectivity index (χ0) is 10.7. The lowest BCUT2D eigenvalue weighted by molar-refractivity contribution is 0.488. The smallest absolute Gasteiger partial charge is 0.256 e. The van der Waals surface area contributed by atoms with E-state index in [-0.39, 0.29) is 0 Å². The molecule has 2 nitrogen and oxygen atoms in total. The molecule has 0 aliphatic rings. The maximum Gasteiger partial charge on any atom is 0.256 e. The molecule has 0 aliphatic heterocycles. The Kier molecular flexibility index (Phi) is 3.59. The second kappa shape index (κ2) is 4.94. The van der Waals surface area contributed by atoms with Crippen LogP contribution in [0.4, 0.5) is 0 Å². The first-order valence-corrected chi connectivity index (χ1v) is 6.50. The van der Waals surface area contributed by atoms with Gasteiger partial charge in [0.15, 0.2) is 5.58 Å². The number of hydrogen-bond acceptors (Lipinski definition) is 4. The Morgan fingerprint density at radius 2 is 2.27 bits per heavy atom. The molecule has 0 radical (unpaired) electrons. The highest BCUT2D eigenvalue weighted by Crippen LogP contribution is 2.24. The number of para-hydroxylation sites is 2. The highest BCUT2D eigenvalue weighted by atomic mass is 32.2. The van der Waals surface area contributed by atoms with Gasteiger partial charge in [-0.2, -0.15) is 12.6 Å². The molecule has 0 N–H and O–H groups in total. The summed E-state index contributed by atoms with van der Waals surface area (Å²) < 4.78 is 5.59. The van der Waals surface area contributed by atoms with E-state index in [0.29, 0.717) is 5.92 Å². The summed E-state index contributed by atoms with van der Waals surface area (Å²) in [5.41, 5.74) is 1.79. The molecule has 0 bridgehead atoms. The number of thiol groups is 1. The van der Waals surface area contributed by atoms with E-state index < -0.39 is 0 Å². The minimum atomic E-state index is 0.577. The van der Waals surface area contributed by atoms with Crippen LogP contribution in [0.5, 0.6) is 0 Å². The van der Waals surface area contributed by atoms with Gasteiger partial charge in [-0.1, -0.05) is 30.8 Å². The fourth-order valence-corrected chi connectivity index (χ4v) is 2.34. The van der Waals surface area contributed by atoms with Crippen molar-refractivity contribution in [2.75, 3.05) is 11.5 Å². The quantitative estimate of drug-likeness (QED) is 0.653. The molecular weight excluding hydrogens is 226 g/mol. The fraction of sp³-hybridized carbons (Fsp3) is 0.364. The number of nitrogens with zero attached hydrogens (tertiary/aromatic N) is 1. The standard InChI is InChI=1S/C11H13NOS2/c1-8(6-14)7-15-11-12-9-4-2-3-5-10(9)13-11/h2-5,8,14H,6-7H2,1H3. The third-order valence-electron chi connectivity index (χ3n) is 2.08. The number of thioether (sulfide) groups is 1. The highest BCUT2D eigenvalue weighted by Gasteiger charge is 2.07. The third kappa shape index (κ3) is 2.69. The van der Waals surface area contributed by atoms with Crippen molar-refractivity contribution in [2.24, 2.45) is 5.92 Å². The SMILES string of the molecule is CC(CS)CSc1nc2ccccc2o1. The van der Waals surface area contributed by atoms with Crippen LogP contribution in [-0.4, -0.2) is 16.5 Å². The van der Waals surface area contributed by atoms with Gasteiger partial charge in [0.1, 0.15) is 5.52 Å². The largest absolute Gasteiger partial charge is 0.431 e. The van der Waals surface area contributed by atoms with E-state index >= 15 is 0 Å². The van der Waals surface area contributed by atoms with Crippen molar-refractivity contribution in [3.63, 3.8) is 0 Å². The molecule has 0 spiro atoms. The van der Waals surface area contributed by atoms with Crippen LogP contribution < -0.4 is 0 Å². The molecular formula is C11H13NOS2. The predicted molar refractivity (Wildman–Crippen MR) is 67.8 cm³/mol.